The molecule has 15 heavy (non-hydrogen) atoms. The minimum absolute atomic E-state index is 0.00162. The number of hydrogen-bond donors (Lipinski definition) is 1. The fourth-order valence-corrected chi connectivity index (χ4v) is 2.13. The molecule has 1 fully saturated rings. The number of nitrogens with zero attached hydrogens (tertiary/aromatic N) is 1. The van der Waals surface area contributed by atoms with Crippen molar-refractivity contribution in [1.82, 2.24) is 4.90 Å². The van der Waals surface area contributed by atoms with E-state index in [0.717, 1.165) is 19.3 Å². The molecule has 1 saturated heterocycles. The lowest BCUT2D eigenvalue weighted by Crippen LogP contribution is -2.42. The van der Waals surface area contributed by atoms with Crippen molar-refractivity contribution in [2.75, 3.05) is 6.54 Å². The molecule has 0 aliphatic carbocycles. The third-order valence-corrected chi connectivity index (χ3v) is 2.96. The second kappa shape index (κ2) is 5.14. The van der Waals surface area contributed by atoms with Gasteiger partial charge in [-0.1, -0.05) is 20.3 Å². The maximum absolute atomic E-state index is 11.9. The quantitative estimate of drug-likeness (QED) is 0.769. The number of carboxylic acid groups (broad SMARTS) is 1. The Hall–Kier alpha value is -1.06. The maximum Gasteiger partial charge on any atom is 0.326 e. The first-order valence-corrected chi connectivity index (χ1v) is 5.61. The van der Waals surface area contributed by atoms with E-state index in [1.807, 2.05) is 13.8 Å². The average Bonchev–Trinajstić information content (AvgIpc) is 2.65. The number of carbonyl (C=O) groups excluding carboxylic acids is 1. The molecule has 1 aliphatic rings. The summed E-state index contributed by atoms with van der Waals surface area (Å²) in [5, 5.41) is 8.95. The number of carbonyl (C=O) groups is 2. The van der Waals surface area contributed by atoms with Crippen LogP contribution >= 0.6 is 0 Å². The molecule has 2 atom stereocenters. The molecule has 0 radical (unpaired) electrons. The van der Waals surface area contributed by atoms with Crippen LogP contribution in [0.25, 0.3) is 0 Å². The van der Waals surface area contributed by atoms with Crippen molar-refractivity contribution in [3.8, 4) is 0 Å². The fraction of sp³-hybridized carbons (Fsp3) is 0.818. The zero-order valence-corrected chi connectivity index (χ0v) is 9.40. The van der Waals surface area contributed by atoms with Crippen molar-refractivity contribution >= 4 is 11.9 Å². The van der Waals surface area contributed by atoms with Gasteiger partial charge in [0.15, 0.2) is 0 Å². The van der Waals surface area contributed by atoms with Crippen molar-refractivity contribution in [3.63, 3.8) is 0 Å². The highest BCUT2D eigenvalue weighted by Gasteiger charge is 2.35. The van der Waals surface area contributed by atoms with Crippen molar-refractivity contribution in [2.45, 2.75) is 45.6 Å². The molecule has 1 unspecified atom stereocenters. The molecule has 0 spiro atoms. The number of likely N-dealkylation sites (tertiary alicyclic amines) is 1. The minimum Gasteiger partial charge on any atom is -0.480 e. The molecule has 0 saturated carbocycles. The Labute approximate surface area is 90.3 Å². The molecule has 0 aromatic rings. The largest absolute Gasteiger partial charge is 0.480 e. The van der Waals surface area contributed by atoms with Crippen molar-refractivity contribution in [1.29, 1.82) is 0 Å². The van der Waals surface area contributed by atoms with Gasteiger partial charge in [0.05, 0.1) is 0 Å². The molecule has 0 aromatic carbocycles. The van der Waals surface area contributed by atoms with Gasteiger partial charge >= 0.3 is 5.97 Å². The SMILES string of the molecule is CCCC(C)C(=O)N1CCC[C@@H]1C(=O)O. The summed E-state index contributed by atoms with van der Waals surface area (Å²) >= 11 is 0. The zero-order valence-electron chi connectivity index (χ0n) is 9.40. The Balaban J connectivity index is 2.62. The standard InChI is InChI=1S/C11H19NO3/c1-3-5-8(2)10(13)12-7-4-6-9(12)11(14)15/h8-9H,3-7H2,1-2H3,(H,14,15)/t8?,9-/m1/s1. The minimum atomic E-state index is -0.871. The summed E-state index contributed by atoms with van der Waals surface area (Å²) in [5.74, 6) is -0.916. The number of aliphatic carboxylic acids is 1. The molecular formula is C11H19NO3. The summed E-state index contributed by atoms with van der Waals surface area (Å²) in [6.45, 7) is 4.51. The van der Waals surface area contributed by atoms with Gasteiger partial charge in [-0.2, -0.15) is 0 Å². The fourth-order valence-electron chi connectivity index (χ4n) is 2.13. The van der Waals surface area contributed by atoms with Crippen LogP contribution in [0.2, 0.25) is 0 Å². The van der Waals surface area contributed by atoms with Gasteiger partial charge in [0.1, 0.15) is 6.04 Å². The van der Waals surface area contributed by atoms with Crippen LogP contribution in [-0.4, -0.2) is 34.5 Å². The lowest BCUT2D eigenvalue weighted by Gasteiger charge is -2.24. The first-order valence-electron chi connectivity index (χ1n) is 5.61. The van der Waals surface area contributed by atoms with Crippen LogP contribution in [0.4, 0.5) is 0 Å². The number of amides is 1. The number of hydrogen-bond acceptors (Lipinski definition) is 2. The third-order valence-electron chi connectivity index (χ3n) is 2.96. The molecule has 0 aromatic heterocycles. The Morgan fingerprint density at radius 3 is 2.73 bits per heavy atom. The van der Waals surface area contributed by atoms with Gasteiger partial charge in [0.2, 0.25) is 5.91 Å². The van der Waals surface area contributed by atoms with Crippen LogP contribution in [0, 0.1) is 5.92 Å². The van der Waals surface area contributed by atoms with Crippen molar-refractivity contribution in [3.05, 3.63) is 0 Å². The van der Waals surface area contributed by atoms with Crippen LogP contribution in [0.5, 0.6) is 0 Å². The van der Waals surface area contributed by atoms with E-state index in [-0.39, 0.29) is 11.8 Å². The Bertz CT molecular complexity index is 252. The summed E-state index contributed by atoms with van der Waals surface area (Å²) in [4.78, 5) is 24.3. The predicted molar refractivity (Wildman–Crippen MR) is 56.4 cm³/mol. The van der Waals surface area contributed by atoms with E-state index in [9.17, 15) is 9.59 Å². The maximum atomic E-state index is 11.9. The first kappa shape index (κ1) is 12.0. The lowest BCUT2D eigenvalue weighted by molar-refractivity contribution is -0.149. The number of rotatable bonds is 4. The topological polar surface area (TPSA) is 57.6 Å². The van der Waals surface area contributed by atoms with E-state index in [1.54, 1.807) is 0 Å². The Morgan fingerprint density at radius 1 is 1.53 bits per heavy atom. The number of carboxylic acids is 1. The van der Waals surface area contributed by atoms with Crippen LogP contribution in [-0.2, 0) is 9.59 Å². The molecule has 1 heterocycles. The second-order valence-electron chi connectivity index (χ2n) is 4.22. The van der Waals surface area contributed by atoms with Gasteiger partial charge in [-0.3, -0.25) is 4.79 Å². The van der Waals surface area contributed by atoms with Gasteiger partial charge in [0.25, 0.3) is 0 Å². The summed E-state index contributed by atoms with van der Waals surface area (Å²) in [5.41, 5.74) is 0. The third kappa shape index (κ3) is 2.70. The van der Waals surface area contributed by atoms with Crippen molar-refractivity contribution in [2.24, 2.45) is 5.92 Å². The predicted octanol–water partition coefficient (Wildman–Crippen LogP) is 1.50. The van der Waals surface area contributed by atoms with Crippen LogP contribution in [0.3, 0.4) is 0 Å². The average molecular weight is 213 g/mol. The second-order valence-corrected chi connectivity index (χ2v) is 4.22. The molecule has 1 amide bonds. The van der Waals surface area contributed by atoms with Crippen LogP contribution < -0.4 is 0 Å². The van der Waals surface area contributed by atoms with Gasteiger partial charge < -0.3 is 10.0 Å². The zero-order chi connectivity index (χ0) is 11.4. The Morgan fingerprint density at radius 2 is 2.20 bits per heavy atom. The van der Waals surface area contributed by atoms with Crippen molar-refractivity contribution < 1.29 is 14.7 Å². The Kier molecular flexibility index (Phi) is 4.12. The van der Waals surface area contributed by atoms with E-state index in [2.05, 4.69) is 0 Å². The highest BCUT2D eigenvalue weighted by molar-refractivity contribution is 5.85. The molecule has 86 valence electrons. The van der Waals surface area contributed by atoms with E-state index in [0.29, 0.717) is 13.0 Å². The first-order chi connectivity index (χ1) is 7.07. The van der Waals surface area contributed by atoms with E-state index in [1.165, 1.54) is 4.90 Å². The summed E-state index contributed by atoms with van der Waals surface area (Å²) in [7, 11) is 0. The summed E-state index contributed by atoms with van der Waals surface area (Å²) < 4.78 is 0. The van der Waals surface area contributed by atoms with Gasteiger partial charge in [0, 0.05) is 12.5 Å². The van der Waals surface area contributed by atoms with Gasteiger partial charge in [-0.25, -0.2) is 4.79 Å². The molecule has 1 rings (SSSR count). The normalized spacial score (nSPS) is 22.8. The molecule has 4 heteroatoms. The van der Waals surface area contributed by atoms with E-state index >= 15 is 0 Å². The highest BCUT2D eigenvalue weighted by atomic mass is 16.4. The molecular weight excluding hydrogens is 194 g/mol. The van der Waals surface area contributed by atoms with Crippen LogP contribution in [0.15, 0.2) is 0 Å². The molecule has 4 nitrogen and oxygen atoms in total. The van der Waals surface area contributed by atoms with E-state index < -0.39 is 12.0 Å². The smallest absolute Gasteiger partial charge is 0.326 e. The highest BCUT2D eigenvalue weighted by Crippen LogP contribution is 2.21. The van der Waals surface area contributed by atoms with Crippen LogP contribution in [0.1, 0.15) is 39.5 Å². The van der Waals surface area contributed by atoms with Gasteiger partial charge in [-0.05, 0) is 19.3 Å². The van der Waals surface area contributed by atoms with E-state index in [4.69, 9.17) is 5.11 Å². The molecule has 0 bridgehead atoms. The lowest BCUT2D eigenvalue weighted by atomic mass is 10.0. The molecule has 1 aliphatic heterocycles. The summed E-state index contributed by atoms with van der Waals surface area (Å²) in [6, 6.07) is -0.586. The molecule has 1 N–H and O–H groups in total. The summed E-state index contributed by atoms with van der Waals surface area (Å²) in [6.07, 6.45) is 3.20. The van der Waals surface area contributed by atoms with Gasteiger partial charge in [-0.15, -0.1) is 0 Å². The monoisotopic (exact) mass is 213 g/mol.